The van der Waals surface area contributed by atoms with Crippen molar-refractivity contribution in [3.8, 4) is 0 Å². The number of nitrogens with two attached hydrogens (primary N) is 1. The highest BCUT2D eigenvalue weighted by Gasteiger charge is 2.14. The molecule has 1 amide bonds. The van der Waals surface area contributed by atoms with Crippen LogP contribution in [0.3, 0.4) is 0 Å². The molecule has 0 saturated carbocycles. The van der Waals surface area contributed by atoms with E-state index in [-0.39, 0.29) is 12.5 Å². The van der Waals surface area contributed by atoms with E-state index in [0.717, 1.165) is 42.0 Å². The number of halogens is 1. The fraction of sp³-hybridized carbons (Fsp3) is 0.261. The molecule has 1 fully saturated rings. The molecule has 0 bridgehead atoms. The summed E-state index contributed by atoms with van der Waals surface area (Å²) in [5, 5.41) is 9.25. The molecule has 2 heterocycles. The van der Waals surface area contributed by atoms with Crippen molar-refractivity contribution in [3.05, 3.63) is 59.2 Å². The van der Waals surface area contributed by atoms with Gasteiger partial charge >= 0.3 is 0 Å². The largest absolute Gasteiger partial charge is 0.369 e. The summed E-state index contributed by atoms with van der Waals surface area (Å²) in [6.07, 6.45) is 1.69. The Kier molecular flexibility index (Phi) is 7.38. The molecule has 3 aromatic rings. The minimum Gasteiger partial charge on any atom is -0.369 e. The van der Waals surface area contributed by atoms with Crippen LogP contribution in [0.4, 0.5) is 34.5 Å². The van der Waals surface area contributed by atoms with Crippen LogP contribution in [0.25, 0.3) is 0 Å². The Hall–Kier alpha value is -3.21. The normalized spacial score (nSPS) is 14.1. The summed E-state index contributed by atoms with van der Waals surface area (Å²) in [5.41, 5.74) is 8.92. The molecule has 5 N–H and O–H groups in total. The summed E-state index contributed by atoms with van der Waals surface area (Å²) in [6, 6.07) is 15.6. The Bertz CT molecular complexity index is 1100. The van der Waals surface area contributed by atoms with Crippen LogP contribution in [-0.2, 0) is 4.79 Å². The fourth-order valence-electron chi connectivity index (χ4n) is 3.49. The number of hydrogen-bond donors (Lipinski definition) is 4. The number of aromatic nitrogens is 2. The summed E-state index contributed by atoms with van der Waals surface area (Å²) in [6.45, 7) is 4.15. The zero-order valence-corrected chi connectivity index (χ0v) is 20.0. The SMILES string of the molecule is CN1CCN(c2ccc(Nc3ncc(Br)c(Nc4cccc(NC(=O)CN)c4)n3)cc2)CC1. The van der Waals surface area contributed by atoms with Gasteiger partial charge in [-0.1, -0.05) is 6.07 Å². The number of rotatable bonds is 7. The summed E-state index contributed by atoms with van der Waals surface area (Å²) < 4.78 is 0.717. The van der Waals surface area contributed by atoms with E-state index in [4.69, 9.17) is 5.73 Å². The number of nitrogens with zero attached hydrogens (tertiary/aromatic N) is 4. The van der Waals surface area contributed by atoms with Gasteiger partial charge in [0.2, 0.25) is 11.9 Å². The first-order valence-electron chi connectivity index (χ1n) is 10.7. The van der Waals surface area contributed by atoms with Gasteiger partial charge in [-0.25, -0.2) is 4.98 Å². The third kappa shape index (κ3) is 6.19. The Morgan fingerprint density at radius 1 is 1.03 bits per heavy atom. The zero-order chi connectivity index (χ0) is 23.2. The molecule has 0 spiro atoms. The van der Waals surface area contributed by atoms with Gasteiger partial charge < -0.3 is 31.5 Å². The number of likely N-dealkylation sites (N-methyl/N-ethyl adjacent to an activating group) is 1. The van der Waals surface area contributed by atoms with Gasteiger partial charge in [-0.05, 0) is 65.4 Å². The lowest BCUT2D eigenvalue weighted by Gasteiger charge is -2.34. The van der Waals surface area contributed by atoms with Crippen molar-refractivity contribution in [2.75, 3.05) is 60.6 Å². The summed E-state index contributed by atoms with van der Waals surface area (Å²) >= 11 is 3.49. The monoisotopic (exact) mass is 510 g/mol. The lowest BCUT2D eigenvalue weighted by molar-refractivity contribution is -0.114. The Balaban J connectivity index is 1.43. The highest BCUT2D eigenvalue weighted by molar-refractivity contribution is 9.10. The smallest absolute Gasteiger partial charge is 0.238 e. The molecule has 2 aromatic carbocycles. The van der Waals surface area contributed by atoms with Gasteiger partial charge in [-0.2, -0.15) is 4.98 Å². The number of nitrogens with one attached hydrogen (secondary N) is 3. The van der Waals surface area contributed by atoms with Crippen LogP contribution < -0.4 is 26.6 Å². The minimum absolute atomic E-state index is 0.0689. The zero-order valence-electron chi connectivity index (χ0n) is 18.4. The molecular formula is C23H27BrN8O. The molecule has 172 valence electrons. The Labute approximate surface area is 201 Å². The third-order valence-corrected chi connectivity index (χ3v) is 5.91. The second-order valence-electron chi connectivity index (χ2n) is 7.81. The van der Waals surface area contributed by atoms with Crippen LogP contribution >= 0.6 is 15.9 Å². The van der Waals surface area contributed by atoms with Crippen LogP contribution in [-0.4, -0.2) is 60.5 Å². The fourth-order valence-corrected chi connectivity index (χ4v) is 3.78. The molecule has 1 aliphatic heterocycles. The second-order valence-corrected chi connectivity index (χ2v) is 8.66. The number of anilines is 6. The van der Waals surface area contributed by atoms with Gasteiger partial charge in [-0.3, -0.25) is 4.79 Å². The number of carbonyl (C=O) groups excluding carboxylic acids is 1. The number of carbonyl (C=O) groups is 1. The molecule has 33 heavy (non-hydrogen) atoms. The van der Waals surface area contributed by atoms with Crippen LogP contribution in [0.2, 0.25) is 0 Å². The van der Waals surface area contributed by atoms with E-state index in [0.29, 0.717) is 17.5 Å². The van der Waals surface area contributed by atoms with Gasteiger partial charge in [-0.15, -0.1) is 0 Å². The van der Waals surface area contributed by atoms with E-state index in [1.54, 1.807) is 12.3 Å². The molecule has 4 rings (SSSR count). The lowest BCUT2D eigenvalue weighted by Crippen LogP contribution is -2.44. The topological polar surface area (TPSA) is 111 Å². The Morgan fingerprint density at radius 3 is 2.48 bits per heavy atom. The molecule has 1 aliphatic rings. The molecule has 0 radical (unpaired) electrons. The van der Waals surface area contributed by atoms with Gasteiger partial charge in [0, 0.05) is 55.1 Å². The van der Waals surface area contributed by atoms with Crippen molar-refractivity contribution in [3.63, 3.8) is 0 Å². The molecule has 0 aliphatic carbocycles. The van der Waals surface area contributed by atoms with Crippen molar-refractivity contribution in [2.24, 2.45) is 5.73 Å². The molecule has 0 unspecified atom stereocenters. The first kappa shape index (κ1) is 23.0. The highest BCUT2D eigenvalue weighted by atomic mass is 79.9. The van der Waals surface area contributed by atoms with E-state index in [9.17, 15) is 4.79 Å². The minimum atomic E-state index is -0.250. The van der Waals surface area contributed by atoms with Crippen molar-refractivity contribution < 1.29 is 4.79 Å². The molecule has 0 atom stereocenters. The average molecular weight is 511 g/mol. The van der Waals surface area contributed by atoms with E-state index in [1.807, 2.05) is 30.3 Å². The standard InChI is InChI=1S/C23H27BrN8O/c1-31-9-11-32(12-10-31)19-7-5-16(6-8-19)29-23-26-15-20(24)22(30-23)28-18-4-2-3-17(13-18)27-21(33)14-25/h2-8,13,15H,9-12,14,25H2,1H3,(H,27,33)(H2,26,28,29,30). The van der Waals surface area contributed by atoms with Gasteiger partial charge in [0.15, 0.2) is 0 Å². The summed E-state index contributed by atoms with van der Waals surface area (Å²) in [7, 11) is 2.15. The first-order chi connectivity index (χ1) is 16.0. The molecular weight excluding hydrogens is 484 g/mol. The van der Waals surface area contributed by atoms with Crippen molar-refractivity contribution >= 4 is 56.4 Å². The van der Waals surface area contributed by atoms with Crippen molar-refractivity contribution in [2.45, 2.75) is 0 Å². The van der Waals surface area contributed by atoms with Gasteiger partial charge in [0.1, 0.15) is 5.82 Å². The van der Waals surface area contributed by atoms with Gasteiger partial charge in [0.25, 0.3) is 0 Å². The maximum Gasteiger partial charge on any atom is 0.238 e. The predicted molar refractivity (Wildman–Crippen MR) is 137 cm³/mol. The predicted octanol–water partition coefficient (Wildman–Crippen LogP) is 3.38. The van der Waals surface area contributed by atoms with Crippen molar-refractivity contribution in [1.82, 2.24) is 14.9 Å². The number of amides is 1. The van der Waals surface area contributed by atoms with Crippen LogP contribution in [0.5, 0.6) is 0 Å². The Morgan fingerprint density at radius 2 is 1.76 bits per heavy atom. The maximum atomic E-state index is 11.5. The number of hydrogen-bond acceptors (Lipinski definition) is 8. The van der Waals surface area contributed by atoms with E-state index in [2.05, 4.69) is 70.8 Å². The van der Waals surface area contributed by atoms with Crippen LogP contribution in [0.15, 0.2) is 59.2 Å². The van der Waals surface area contributed by atoms with E-state index < -0.39 is 0 Å². The molecule has 1 aromatic heterocycles. The summed E-state index contributed by atoms with van der Waals surface area (Å²) in [5.74, 6) is 0.824. The van der Waals surface area contributed by atoms with E-state index in [1.165, 1.54) is 5.69 Å². The van der Waals surface area contributed by atoms with Gasteiger partial charge in [0.05, 0.1) is 11.0 Å². The molecule has 1 saturated heterocycles. The van der Waals surface area contributed by atoms with Crippen molar-refractivity contribution in [1.29, 1.82) is 0 Å². The van der Waals surface area contributed by atoms with Crippen LogP contribution in [0.1, 0.15) is 0 Å². The quantitative estimate of drug-likeness (QED) is 0.382. The highest BCUT2D eigenvalue weighted by Crippen LogP contribution is 2.27. The van der Waals surface area contributed by atoms with E-state index >= 15 is 0 Å². The number of piperazine rings is 1. The maximum absolute atomic E-state index is 11.5. The second kappa shape index (κ2) is 10.6. The van der Waals surface area contributed by atoms with Crippen LogP contribution in [0, 0.1) is 0 Å². The third-order valence-electron chi connectivity index (χ3n) is 5.33. The molecule has 10 heteroatoms. The lowest BCUT2D eigenvalue weighted by atomic mass is 10.2. The average Bonchev–Trinajstić information content (AvgIpc) is 2.82. The first-order valence-corrected chi connectivity index (χ1v) is 11.5. The molecule has 9 nitrogen and oxygen atoms in total. The number of benzene rings is 2. The summed E-state index contributed by atoms with van der Waals surface area (Å²) in [4.78, 5) is 25.2.